The Morgan fingerprint density at radius 2 is 1.96 bits per heavy atom. The average Bonchev–Trinajstić information content (AvgIpc) is 3.16. The molecule has 0 radical (unpaired) electrons. The zero-order valence-electron chi connectivity index (χ0n) is 16.7. The number of aromatic amines is 1. The van der Waals surface area contributed by atoms with E-state index in [9.17, 15) is 9.59 Å². The lowest BCUT2D eigenvalue weighted by Gasteiger charge is -2.20. The summed E-state index contributed by atoms with van der Waals surface area (Å²) >= 11 is 0. The standard InChI is InChI=1S/C22H26N4O2/c1-14-12-17(6-8-20(14)26-10-4-5-11-26)25-21(27)9-7-18-15(2)19(13-23)22(28)24-16(18)3/h6,8,12H,4-5,7,9-11H2,1-3H3,(H,24,28)(H,25,27). The third kappa shape index (κ3) is 4.09. The summed E-state index contributed by atoms with van der Waals surface area (Å²) in [4.78, 5) is 29.3. The molecule has 1 aromatic carbocycles. The molecule has 0 aliphatic carbocycles. The van der Waals surface area contributed by atoms with Crippen LogP contribution < -0.4 is 15.8 Å². The van der Waals surface area contributed by atoms with Crippen LogP contribution in [0.15, 0.2) is 23.0 Å². The summed E-state index contributed by atoms with van der Waals surface area (Å²) < 4.78 is 0. The molecule has 3 rings (SSSR count). The van der Waals surface area contributed by atoms with E-state index in [-0.39, 0.29) is 23.5 Å². The Hall–Kier alpha value is -3.07. The van der Waals surface area contributed by atoms with Crippen LogP contribution in [0.4, 0.5) is 11.4 Å². The van der Waals surface area contributed by atoms with E-state index in [4.69, 9.17) is 5.26 Å². The number of aryl methyl sites for hydroxylation is 2. The molecular weight excluding hydrogens is 352 g/mol. The second-order valence-corrected chi connectivity index (χ2v) is 7.41. The van der Waals surface area contributed by atoms with Gasteiger partial charge in [0.15, 0.2) is 0 Å². The minimum absolute atomic E-state index is 0.0863. The molecule has 2 aromatic rings. The minimum Gasteiger partial charge on any atom is -0.371 e. The smallest absolute Gasteiger partial charge is 0.266 e. The first-order chi connectivity index (χ1) is 13.4. The van der Waals surface area contributed by atoms with Gasteiger partial charge in [0.25, 0.3) is 5.56 Å². The van der Waals surface area contributed by atoms with Gasteiger partial charge in [-0.05, 0) is 74.9 Å². The Labute approximate surface area is 165 Å². The van der Waals surface area contributed by atoms with Crippen molar-refractivity contribution >= 4 is 17.3 Å². The Morgan fingerprint density at radius 3 is 2.61 bits per heavy atom. The van der Waals surface area contributed by atoms with Gasteiger partial charge < -0.3 is 15.2 Å². The molecular formula is C22H26N4O2. The molecule has 6 nitrogen and oxygen atoms in total. The van der Waals surface area contributed by atoms with Gasteiger partial charge in [-0.3, -0.25) is 9.59 Å². The number of carbonyl (C=O) groups is 1. The monoisotopic (exact) mass is 378 g/mol. The highest BCUT2D eigenvalue weighted by Crippen LogP contribution is 2.27. The number of nitrogens with one attached hydrogen (secondary N) is 2. The zero-order valence-corrected chi connectivity index (χ0v) is 16.7. The number of rotatable bonds is 5. The van der Waals surface area contributed by atoms with Gasteiger partial charge in [-0.1, -0.05) is 0 Å². The second kappa shape index (κ2) is 8.30. The lowest BCUT2D eigenvalue weighted by Crippen LogP contribution is -2.19. The van der Waals surface area contributed by atoms with Gasteiger partial charge in [-0.2, -0.15) is 5.26 Å². The fourth-order valence-corrected chi connectivity index (χ4v) is 3.93. The molecule has 0 atom stereocenters. The molecule has 1 amide bonds. The third-order valence-corrected chi connectivity index (χ3v) is 5.45. The number of H-pyrrole nitrogens is 1. The number of aromatic nitrogens is 1. The largest absolute Gasteiger partial charge is 0.371 e. The molecule has 1 aliphatic rings. The average molecular weight is 378 g/mol. The SMILES string of the molecule is Cc1cc(NC(=O)CCc2c(C)[nH]c(=O)c(C#N)c2C)ccc1N1CCCC1. The molecule has 0 unspecified atom stereocenters. The topological polar surface area (TPSA) is 89.0 Å². The van der Waals surface area contributed by atoms with Crippen LogP contribution in [0.2, 0.25) is 0 Å². The Bertz CT molecular complexity index is 995. The molecule has 2 heterocycles. The number of benzene rings is 1. The van der Waals surface area contributed by atoms with Crippen molar-refractivity contribution < 1.29 is 4.79 Å². The number of hydrogen-bond acceptors (Lipinski definition) is 4. The summed E-state index contributed by atoms with van der Waals surface area (Å²) in [6.45, 7) is 7.81. The predicted molar refractivity (Wildman–Crippen MR) is 111 cm³/mol. The van der Waals surface area contributed by atoms with Crippen LogP contribution in [0.25, 0.3) is 0 Å². The van der Waals surface area contributed by atoms with Crippen molar-refractivity contribution in [2.24, 2.45) is 0 Å². The molecule has 28 heavy (non-hydrogen) atoms. The molecule has 1 saturated heterocycles. The van der Waals surface area contributed by atoms with E-state index >= 15 is 0 Å². The van der Waals surface area contributed by atoms with Crippen molar-refractivity contribution in [3.05, 3.63) is 56.5 Å². The van der Waals surface area contributed by atoms with Gasteiger partial charge in [0.2, 0.25) is 5.91 Å². The first-order valence-corrected chi connectivity index (χ1v) is 9.68. The van der Waals surface area contributed by atoms with Crippen LogP contribution >= 0.6 is 0 Å². The van der Waals surface area contributed by atoms with Crippen LogP contribution in [0, 0.1) is 32.1 Å². The fourth-order valence-electron chi connectivity index (χ4n) is 3.93. The van der Waals surface area contributed by atoms with Crippen molar-refractivity contribution in [1.29, 1.82) is 5.26 Å². The van der Waals surface area contributed by atoms with Gasteiger partial charge in [-0.25, -0.2) is 0 Å². The predicted octanol–water partition coefficient (Wildman–Crippen LogP) is 3.34. The van der Waals surface area contributed by atoms with E-state index in [2.05, 4.69) is 28.2 Å². The molecule has 1 fully saturated rings. The summed E-state index contributed by atoms with van der Waals surface area (Å²) in [5, 5.41) is 12.1. The molecule has 1 aromatic heterocycles. The summed E-state index contributed by atoms with van der Waals surface area (Å²) in [5.41, 5.74) is 5.14. The molecule has 0 saturated carbocycles. The van der Waals surface area contributed by atoms with Crippen LogP contribution in [0.5, 0.6) is 0 Å². The van der Waals surface area contributed by atoms with E-state index < -0.39 is 0 Å². The van der Waals surface area contributed by atoms with Crippen LogP contribution in [0.1, 0.15) is 47.2 Å². The molecule has 0 spiro atoms. The van der Waals surface area contributed by atoms with E-state index in [0.29, 0.717) is 17.7 Å². The van der Waals surface area contributed by atoms with Crippen molar-refractivity contribution in [1.82, 2.24) is 4.98 Å². The summed E-state index contributed by atoms with van der Waals surface area (Å²) in [7, 11) is 0. The lowest BCUT2D eigenvalue weighted by molar-refractivity contribution is -0.116. The van der Waals surface area contributed by atoms with Crippen molar-refractivity contribution in [3.8, 4) is 6.07 Å². The summed E-state index contributed by atoms with van der Waals surface area (Å²) in [6.07, 6.45) is 3.22. The number of anilines is 2. The van der Waals surface area contributed by atoms with Crippen molar-refractivity contribution in [2.45, 2.75) is 46.5 Å². The number of nitrogens with zero attached hydrogens (tertiary/aromatic N) is 2. The van der Waals surface area contributed by atoms with Crippen LogP contribution in [0.3, 0.4) is 0 Å². The minimum atomic E-state index is -0.376. The van der Waals surface area contributed by atoms with E-state index in [1.807, 2.05) is 18.2 Å². The highest BCUT2D eigenvalue weighted by atomic mass is 16.1. The van der Waals surface area contributed by atoms with Gasteiger partial charge in [-0.15, -0.1) is 0 Å². The summed E-state index contributed by atoms with van der Waals surface area (Å²) in [5.74, 6) is -0.0863. The quantitative estimate of drug-likeness (QED) is 0.835. The van der Waals surface area contributed by atoms with Crippen LogP contribution in [-0.2, 0) is 11.2 Å². The number of carbonyl (C=O) groups excluding carboxylic acids is 1. The molecule has 6 heteroatoms. The van der Waals surface area contributed by atoms with Gasteiger partial charge >= 0.3 is 0 Å². The van der Waals surface area contributed by atoms with Crippen molar-refractivity contribution in [3.63, 3.8) is 0 Å². The number of hydrogen-bond donors (Lipinski definition) is 2. The maximum absolute atomic E-state index is 12.4. The van der Waals surface area contributed by atoms with Gasteiger partial charge in [0.05, 0.1) is 0 Å². The zero-order chi connectivity index (χ0) is 20.3. The lowest BCUT2D eigenvalue weighted by atomic mass is 9.99. The summed E-state index contributed by atoms with van der Waals surface area (Å²) in [6, 6.07) is 7.98. The third-order valence-electron chi connectivity index (χ3n) is 5.45. The fraction of sp³-hybridized carbons (Fsp3) is 0.409. The van der Waals surface area contributed by atoms with E-state index in [1.165, 1.54) is 18.5 Å². The molecule has 1 aliphatic heterocycles. The van der Waals surface area contributed by atoms with Gasteiger partial charge in [0.1, 0.15) is 11.6 Å². The van der Waals surface area contributed by atoms with Crippen LogP contribution in [-0.4, -0.2) is 24.0 Å². The maximum Gasteiger partial charge on any atom is 0.266 e. The number of amides is 1. The molecule has 0 bridgehead atoms. The highest BCUT2D eigenvalue weighted by molar-refractivity contribution is 5.91. The normalized spacial score (nSPS) is 13.4. The Balaban J connectivity index is 1.66. The number of nitriles is 1. The number of pyridine rings is 1. The van der Waals surface area contributed by atoms with E-state index in [0.717, 1.165) is 29.9 Å². The molecule has 146 valence electrons. The Kier molecular flexibility index (Phi) is 5.84. The van der Waals surface area contributed by atoms with E-state index in [1.54, 1.807) is 13.8 Å². The second-order valence-electron chi connectivity index (χ2n) is 7.41. The first-order valence-electron chi connectivity index (χ1n) is 9.68. The molecule has 2 N–H and O–H groups in total. The first kappa shape index (κ1) is 19.7. The highest BCUT2D eigenvalue weighted by Gasteiger charge is 2.16. The Morgan fingerprint density at radius 1 is 1.25 bits per heavy atom. The van der Waals surface area contributed by atoms with Crippen molar-refractivity contribution in [2.75, 3.05) is 23.3 Å². The maximum atomic E-state index is 12.4. The van der Waals surface area contributed by atoms with Gasteiger partial charge in [0, 0.05) is 36.6 Å².